The summed E-state index contributed by atoms with van der Waals surface area (Å²) in [6.07, 6.45) is 23.5. The van der Waals surface area contributed by atoms with Gasteiger partial charge in [0.05, 0.1) is 45.3 Å². The molecule has 1 heterocycles. The van der Waals surface area contributed by atoms with Crippen LogP contribution in [0, 0.1) is 0 Å². The van der Waals surface area contributed by atoms with Crippen molar-refractivity contribution in [2.75, 3.05) is 46.2 Å². The molecule has 0 aliphatic heterocycles. The number of esters is 2. The van der Waals surface area contributed by atoms with Crippen LogP contribution in [0.4, 0.5) is 0 Å². The monoisotopic (exact) mass is 711 g/mol. The van der Waals surface area contributed by atoms with Crippen molar-refractivity contribution in [3.8, 4) is 0 Å². The highest BCUT2D eigenvalue weighted by Gasteiger charge is 2.19. The van der Waals surface area contributed by atoms with Gasteiger partial charge in [-0.2, -0.15) is 0 Å². The second-order valence-corrected chi connectivity index (χ2v) is 13.2. The molecular weight excluding hydrogens is 640 g/mol. The molecule has 0 saturated carbocycles. The fraction of sp³-hybridized carbons (Fsp3) is 0.868. The number of hydrogen-bond donors (Lipinski definition) is 2. The number of ether oxygens (including phenoxy) is 4. The largest absolute Gasteiger partial charge is 0.462 e. The Morgan fingerprint density at radius 3 is 1.84 bits per heavy atom. The summed E-state index contributed by atoms with van der Waals surface area (Å²) in [4.78, 5) is 37.5. The Hall–Kier alpha value is -2.57. The number of carbonyl (C=O) groups excluding carboxylic acids is 3. The van der Waals surface area contributed by atoms with Gasteiger partial charge >= 0.3 is 11.9 Å². The first-order valence-corrected chi connectivity index (χ1v) is 19.8. The lowest BCUT2D eigenvalue weighted by Gasteiger charge is -2.18. The van der Waals surface area contributed by atoms with Gasteiger partial charge in [-0.05, 0) is 12.8 Å². The standard InChI is InChI=1S/C38H70N4O8/c1-3-5-7-9-11-12-13-14-16-17-19-21-37(45)49-33-35(50-38(46)22-20-18-15-10-8-6-4-2)32-42-31-34(40-41-42)23-24-36(44)39-25-27-47-29-30-48-28-26-43/h31,35,43H,3-30,32-33H2,1-2H3,(H,39,44). The number of unbranched alkanes of at least 4 members (excludes halogenated alkanes) is 16. The zero-order chi connectivity index (χ0) is 36.3. The van der Waals surface area contributed by atoms with E-state index in [1.54, 1.807) is 10.9 Å². The van der Waals surface area contributed by atoms with E-state index >= 15 is 0 Å². The van der Waals surface area contributed by atoms with E-state index in [-0.39, 0.29) is 50.6 Å². The summed E-state index contributed by atoms with van der Waals surface area (Å²) >= 11 is 0. The molecule has 0 spiro atoms. The van der Waals surface area contributed by atoms with Crippen LogP contribution in [-0.4, -0.2) is 90.2 Å². The number of carbonyl (C=O) groups is 3. The summed E-state index contributed by atoms with van der Waals surface area (Å²) in [7, 11) is 0. The Labute approximate surface area is 302 Å². The second-order valence-electron chi connectivity index (χ2n) is 13.2. The van der Waals surface area contributed by atoms with Crippen molar-refractivity contribution < 1.29 is 38.4 Å². The molecule has 12 heteroatoms. The van der Waals surface area contributed by atoms with Crippen molar-refractivity contribution in [2.24, 2.45) is 0 Å². The molecule has 0 aliphatic rings. The summed E-state index contributed by atoms with van der Waals surface area (Å²) in [6.45, 7) is 6.41. The third-order valence-electron chi connectivity index (χ3n) is 8.46. The minimum Gasteiger partial charge on any atom is -0.462 e. The van der Waals surface area contributed by atoms with Crippen molar-refractivity contribution in [3.63, 3.8) is 0 Å². The summed E-state index contributed by atoms with van der Waals surface area (Å²) in [5, 5.41) is 19.8. The molecule has 2 N–H and O–H groups in total. The zero-order valence-electron chi connectivity index (χ0n) is 31.5. The van der Waals surface area contributed by atoms with Crippen molar-refractivity contribution in [1.82, 2.24) is 20.3 Å². The quantitative estimate of drug-likeness (QED) is 0.0572. The molecule has 1 atom stereocenters. The first-order chi connectivity index (χ1) is 24.5. The Bertz CT molecular complexity index is 961. The van der Waals surface area contributed by atoms with Gasteiger partial charge < -0.3 is 29.4 Å². The summed E-state index contributed by atoms with van der Waals surface area (Å²) < 4.78 is 23.4. The average molecular weight is 711 g/mol. The highest BCUT2D eigenvalue weighted by Crippen LogP contribution is 2.13. The molecule has 1 rings (SSSR count). The first-order valence-electron chi connectivity index (χ1n) is 19.8. The van der Waals surface area contributed by atoms with E-state index < -0.39 is 6.10 Å². The zero-order valence-corrected chi connectivity index (χ0v) is 31.5. The first kappa shape index (κ1) is 45.5. The lowest BCUT2D eigenvalue weighted by Crippen LogP contribution is -2.30. The molecule has 0 fully saturated rings. The van der Waals surface area contributed by atoms with Gasteiger partial charge in [-0.25, -0.2) is 4.68 Å². The molecule has 1 amide bonds. The van der Waals surface area contributed by atoms with Crippen LogP contribution < -0.4 is 5.32 Å². The number of nitrogens with one attached hydrogen (secondary N) is 1. The third-order valence-corrected chi connectivity index (χ3v) is 8.46. The minimum atomic E-state index is -0.680. The number of aliphatic hydroxyl groups is 1. The molecule has 0 saturated heterocycles. The summed E-state index contributed by atoms with van der Waals surface area (Å²) in [6, 6.07) is 0. The van der Waals surface area contributed by atoms with Crippen LogP contribution in [0.5, 0.6) is 0 Å². The van der Waals surface area contributed by atoms with Crippen molar-refractivity contribution in [1.29, 1.82) is 0 Å². The van der Waals surface area contributed by atoms with Crippen molar-refractivity contribution >= 4 is 17.8 Å². The van der Waals surface area contributed by atoms with Gasteiger partial charge in [-0.3, -0.25) is 14.4 Å². The van der Waals surface area contributed by atoms with Crippen LogP contribution in [-0.2, 0) is 46.3 Å². The predicted molar refractivity (Wildman–Crippen MR) is 195 cm³/mol. The maximum absolute atomic E-state index is 12.7. The van der Waals surface area contributed by atoms with Crippen molar-refractivity contribution in [2.45, 2.75) is 168 Å². The van der Waals surface area contributed by atoms with Gasteiger partial charge in [-0.1, -0.05) is 122 Å². The lowest BCUT2D eigenvalue weighted by atomic mass is 10.1. The summed E-state index contributed by atoms with van der Waals surface area (Å²) in [5.41, 5.74) is 0.638. The molecule has 0 radical (unpaired) electrons. The van der Waals surface area contributed by atoms with E-state index in [0.717, 1.165) is 38.5 Å². The number of aryl methyl sites for hydroxylation is 1. The molecule has 0 bridgehead atoms. The number of hydrogen-bond acceptors (Lipinski definition) is 10. The molecule has 1 aromatic rings. The van der Waals surface area contributed by atoms with Gasteiger partial charge in [0, 0.05) is 38.4 Å². The van der Waals surface area contributed by atoms with Gasteiger partial charge in [0.1, 0.15) is 6.61 Å². The van der Waals surface area contributed by atoms with Crippen molar-refractivity contribution in [3.05, 3.63) is 11.9 Å². The van der Waals surface area contributed by atoms with E-state index in [1.165, 1.54) is 77.0 Å². The predicted octanol–water partition coefficient (Wildman–Crippen LogP) is 6.65. The van der Waals surface area contributed by atoms with Gasteiger partial charge in [0.15, 0.2) is 6.10 Å². The number of aromatic nitrogens is 3. The van der Waals surface area contributed by atoms with Crippen LogP contribution in [0.2, 0.25) is 0 Å². The Morgan fingerprint density at radius 1 is 0.720 bits per heavy atom. The fourth-order valence-corrected chi connectivity index (χ4v) is 5.52. The third kappa shape index (κ3) is 28.2. The second kappa shape index (κ2) is 33.6. The molecular formula is C38H70N4O8. The molecule has 1 aromatic heterocycles. The number of amides is 1. The molecule has 50 heavy (non-hydrogen) atoms. The van der Waals surface area contributed by atoms with Gasteiger partial charge in [-0.15, -0.1) is 5.10 Å². The van der Waals surface area contributed by atoms with Gasteiger partial charge in [0.2, 0.25) is 5.91 Å². The van der Waals surface area contributed by atoms with Crippen LogP contribution in [0.25, 0.3) is 0 Å². The minimum absolute atomic E-state index is 0.0217. The topological polar surface area (TPSA) is 151 Å². The fourth-order valence-electron chi connectivity index (χ4n) is 5.52. The van der Waals surface area contributed by atoms with E-state index in [0.29, 0.717) is 51.3 Å². The van der Waals surface area contributed by atoms with E-state index in [4.69, 9.17) is 24.1 Å². The van der Waals surface area contributed by atoms with Crippen LogP contribution in [0.1, 0.15) is 154 Å². The molecule has 0 aliphatic carbocycles. The number of rotatable bonds is 36. The maximum atomic E-state index is 12.7. The van der Waals surface area contributed by atoms with Gasteiger partial charge in [0.25, 0.3) is 0 Å². The summed E-state index contributed by atoms with van der Waals surface area (Å²) in [5.74, 6) is -0.704. The normalized spacial score (nSPS) is 11.8. The number of aliphatic hydroxyl groups excluding tert-OH is 1. The highest BCUT2D eigenvalue weighted by atomic mass is 16.6. The maximum Gasteiger partial charge on any atom is 0.306 e. The Kier molecular flexibility index (Phi) is 30.5. The van der Waals surface area contributed by atoms with E-state index in [2.05, 4.69) is 29.5 Å². The average Bonchev–Trinajstić information content (AvgIpc) is 3.56. The van der Waals surface area contributed by atoms with Crippen LogP contribution in [0.15, 0.2) is 6.20 Å². The molecule has 1 unspecified atom stereocenters. The highest BCUT2D eigenvalue weighted by molar-refractivity contribution is 5.76. The van der Waals surface area contributed by atoms with E-state index in [1.807, 2.05) is 0 Å². The SMILES string of the molecule is CCCCCCCCCCCCCC(=O)OCC(Cn1cc(CCC(=O)NCCOCCOCCO)nn1)OC(=O)CCCCCCCCC. The molecule has 0 aromatic carbocycles. The lowest BCUT2D eigenvalue weighted by molar-refractivity contribution is -0.160. The van der Waals surface area contributed by atoms with Crippen LogP contribution in [0.3, 0.4) is 0 Å². The smallest absolute Gasteiger partial charge is 0.306 e. The number of nitrogens with zero attached hydrogens (tertiary/aromatic N) is 3. The Balaban J connectivity index is 2.44. The Morgan fingerprint density at radius 2 is 1.26 bits per heavy atom. The molecule has 290 valence electrons. The van der Waals surface area contributed by atoms with E-state index in [9.17, 15) is 14.4 Å². The van der Waals surface area contributed by atoms with Crippen LogP contribution >= 0.6 is 0 Å². The molecule has 12 nitrogen and oxygen atoms in total.